The highest BCUT2D eigenvalue weighted by atomic mass is 16.6. The molecule has 1 aliphatic rings. The summed E-state index contributed by atoms with van der Waals surface area (Å²) < 4.78 is 11.0. The fourth-order valence-electron chi connectivity index (χ4n) is 4.07. The van der Waals surface area contributed by atoms with Crippen LogP contribution in [0.2, 0.25) is 0 Å². The van der Waals surface area contributed by atoms with Gasteiger partial charge < -0.3 is 9.47 Å². The van der Waals surface area contributed by atoms with Gasteiger partial charge in [0, 0.05) is 35.9 Å². The molecule has 5 nitrogen and oxygen atoms in total. The standard InChI is InChI=1S/C22H21NO4/c1-12-16-9-8-15-6-4-5-7-17(15)21(16)23-18-10-11-19(26-13(2)24)22(20(12)18)27-14(3)25/h4-9,19,22H,10-11H2,1-3H3/t19-,22+/m1/s1. The number of rotatable bonds is 2. The van der Waals surface area contributed by atoms with E-state index in [0.29, 0.717) is 12.8 Å². The number of hydrogen-bond acceptors (Lipinski definition) is 5. The van der Waals surface area contributed by atoms with Gasteiger partial charge in [-0.05, 0) is 30.7 Å². The highest BCUT2D eigenvalue weighted by molar-refractivity contribution is 6.06. The fourth-order valence-corrected chi connectivity index (χ4v) is 4.07. The van der Waals surface area contributed by atoms with Gasteiger partial charge in [0.25, 0.3) is 0 Å². The summed E-state index contributed by atoms with van der Waals surface area (Å²) in [7, 11) is 0. The van der Waals surface area contributed by atoms with Crippen LogP contribution in [0.25, 0.3) is 21.7 Å². The van der Waals surface area contributed by atoms with Gasteiger partial charge in [-0.3, -0.25) is 14.6 Å². The van der Waals surface area contributed by atoms with Crippen LogP contribution in [-0.4, -0.2) is 23.0 Å². The minimum absolute atomic E-state index is 0.377. The zero-order valence-electron chi connectivity index (χ0n) is 15.6. The largest absolute Gasteiger partial charge is 0.458 e. The molecule has 1 aliphatic carbocycles. The second-order valence-electron chi connectivity index (χ2n) is 7.00. The van der Waals surface area contributed by atoms with E-state index in [0.717, 1.165) is 38.5 Å². The molecule has 0 saturated carbocycles. The number of pyridine rings is 1. The van der Waals surface area contributed by atoms with E-state index in [1.165, 1.54) is 13.8 Å². The predicted octanol–water partition coefficient (Wildman–Crippen LogP) is 4.18. The molecule has 0 fully saturated rings. The normalized spacial score (nSPS) is 18.9. The van der Waals surface area contributed by atoms with Gasteiger partial charge in [-0.2, -0.15) is 0 Å². The molecule has 0 unspecified atom stereocenters. The Morgan fingerprint density at radius 3 is 2.48 bits per heavy atom. The van der Waals surface area contributed by atoms with Crippen LogP contribution in [-0.2, 0) is 25.5 Å². The second-order valence-corrected chi connectivity index (χ2v) is 7.00. The highest BCUT2D eigenvalue weighted by Crippen LogP contribution is 2.40. The van der Waals surface area contributed by atoms with Gasteiger partial charge in [0.2, 0.25) is 0 Å². The summed E-state index contributed by atoms with van der Waals surface area (Å²) in [6, 6.07) is 12.3. The first-order valence-corrected chi connectivity index (χ1v) is 9.11. The Hall–Kier alpha value is -2.95. The molecule has 3 aromatic rings. The van der Waals surface area contributed by atoms with Gasteiger partial charge >= 0.3 is 11.9 Å². The molecule has 0 radical (unpaired) electrons. The number of hydrogen-bond donors (Lipinski definition) is 0. The highest BCUT2D eigenvalue weighted by Gasteiger charge is 2.37. The van der Waals surface area contributed by atoms with E-state index in [-0.39, 0.29) is 5.97 Å². The van der Waals surface area contributed by atoms with Gasteiger partial charge in [0.15, 0.2) is 6.10 Å². The first-order valence-electron chi connectivity index (χ1n) is 9.11. The zero-order chi connectivity index (χ0) is 19.1. The molecule has 4 rings (SSSR count). The summed E-state index contributed by atoms with van der Waals surface area (Å²) in [6.07, 6.45) is 0.133. The van der Waals surface area contributed by atoms with Crippen LogP contribution in [0.4, 0.5) is 0 Å². The van der Waals surface area contributed by atoms with Gasteiger partial charge in [0.1, 0.15) is 6.10 Å². The van der Waals surface area contributed by atoms with Crippen LogP contribution < -0.4 is 0 Å². The summed E-state index contributed by atoms with van der Waals surface area (Å²) in [4.78, 5) is 28.2. The van der Waals surface area contributed by atoms with Gasteiger partial charge in [-0.25, -0.2) is 0 Å². The van der Waals surface area contributed by atoms with Crippen molar-refractivity contribution in [3.05, 3.63) is 53.2 Å². The Morgan fingerprint density at radius 2 is 1.74 bits per heavy atom. The Balaban J connectivity index is 1.94. The molecule has 0 aliphatic heterocycles. The zero-order valence-corrected chi connectivity index (χ0v) is 15.6. The maximum absolute atomic E-state index is 11.7. The topological polar surface area (TPSA) is 65.5 Å². The number of carbonyl (C=O) groups is 2. The summed E-state index contributed by atoms with van der Waals surface area (Å²) in [5, 5.41) is 3.27. The molecule has 5 heteroatoms. The average molecular weight is 363 g/mol. The minimum Gasteiger partial charge on any atom is -0.458 e. The summed E-state index contributed by atoms with van der Waals surface area (Å²) in [5.41, 5.74) is 3.75. The van der Waals surface area contributed by atoms with E-state index in [2.05, 4.69) is 24.3 Å². The molecule has 0 N–H and O–H groups in total. The van der Waals surface area contributed by atoms with Crippen LogP contribution >= 0.6 is 0 Å². The van der Waals surface area contributed by atoms with Crippen LogP contribution in [0, 0.1) is 6.92 Å². The Labute approximate surface area is 157 Å². The first kappa shape index (κ1) is 17.5. The molecule has 2 aromatic carbocycles. The Morgan fingerprint density at radius 1 is 1.00 bits per heavy atom. The van der Waals surface area contributed by atoms with Crippen LogP contribution in [0.5, 0.6) is 0 Å². The third-order valence-electron chi connectivity index (χ3n) is 5.16. The van der Waals surface area contributed by atoms with Gasteiger partial charge in [0.05, 0.1) is 5.52 Å². The molecule has 0 amide bonds. The maximum Gasteiger partial charge on any atom is 0.303 e. The van der Waals surface area contributed by atoms with E-state index in [1.807, 2.05) is 19.1 Å². The maximum atomic E-state index is 11.7. The molecular formula is C22H21NO4. The van der Waals surface area contributed by atoms with E-state index < -0.39 is 18.2 Å². The third kappa shape index (κ3) is 3.03. The molecule has 138 valence electrons. The van der Waals surface area contributed by atoms with Crippen LogP contribution in [0.3, 0.4) is 0 Å². The van der Waals surface area contributed by atoms with Crippen molar-refractivity contribution in [2.75, 3.05) is 0 Å². The third-order valence-corrected chi connectivity index (χ3v) is 5.16. The summed E-state index contributed by atoms with van der Waals surface area (Å²) >= 11 is 0. The lowest BCUT2D eigenvalue weighted by Crippen LogP contribution is -2.33. The first-order chi connectivity index (χ1) is 13.0. The molecular weight excluding hydrogens is 342 g/mol. The minimum atomic E-state index is -0.626. The Bertz CT molecular complexity index is 1070. The van der Waals surface area contributed by atoms with Crippen LogP contribution in [0.1, 0.15) is 43.2 Å². The van der Waals surface area contributed by atoms with E-state index >= 15 is 0 Å². The number of nitrogens with zero attached hydrogens (tertiary/aromatic N) is 1. The van der Waals surface area contributed by atoms with Gasteiger partial charge in [-0.15, -0.1) is 0 Å². The number of carbonyl (C=O) groups excluding carboxylic acids is 2. The van der Waals surface area contributed by atoms with E-state index in [4.69, 9.17) is 14.5 Å². The fraction of sp³-hybridized carbons (Fsp3) is 0.318. The van der Waals surface area contributed by atoms with Crippen molar-refractivity contribution in [1.82, 2.24) is 4.98 Å². The van der Waals surface area contributed by atoms with E-state index in [1.54, 1.807) is 0 Å². The molecule has 0 bridgehead atoms. The average Bonchev–Trinajstić information content (AvgIpc) is 2.63. The number of aromatic nitrogens is 1. The molecule has 27 heavy (non-hydrogen) atoms. The number of fused-ring (bicyclic) bond motifs is 4. The SMILES string of the molecule is CC(=O)O[C@@H]1c2c(nc3c(ccc4ccccc43)c2C)CC[C@H]1OC(C)=O. The lowest BCUT2D eigenvalue weighted by Gasteiger charge is -2.33. The van der Waals surface area contributed by atoms with Crippen molar-refractivity contribution in [3.63, 3.8) is 0 Å². The van der Waals surface area contributed by atoms with Crippen molar-refractivity contribution in [1.29, 1.82) is 0 Å². The predicted molar refractivity (Wildman–Crippen MR) is 102 cm³/mol. The quantitative estimate of drug-likeness (QED) is 0.505. The lowest BCUT2D eigenvalue weighted by molar-refractivity contribution is -0.167. The second kappa shape index (κ2) is 6.65. The number of aryl methyl sites for hydroxylation is 2. The number of ether oxygens (including phenoxy) is 2. The molecule has 1 heterocycles. The molecule has 0 saturated heterocycles. The van der Waals surface area contributed by atoms with E-state index in [9.17, 15) is 9.59 Å². The van der Waals surface area contributed by atoms with Crippen molar-refractivity contribution in [2.45, 2.75) is 45.8 Å². The molecule has 0 spiro atoms. The van der Waals surface area contributed by atoms with Crippen LogP contribution in [0.15, 0.2) is 36.4 Å². The van der Waals surface area contributed by atoms with Crippen molar-refractivity contribution in [3.8, 4) is 0 Å². The monoisotopic (exact) mass is 363 g/mol. The number of esters is 2. The van der Waals surface area contributed by atoms with Crippen molar-refractivity contribution < 1.29 is 19.1 Å². The summed E-state index contributed by atoms with van der Waals surface area (Å²) in [5.74, 6) is -0.777. The smallest absolute Gasteiger partial charge is 0.303 e. The molecule has 2 atom stereocenters. The molecule has 1 aromatic heterocycles. The number of benzene rings is 2. The summed E-state index contributed by atoms with van der Waals surface area (Å²) in [6.45, 7) is 4.76. The van der Waals surface area contributed by atoms with Crippen molar-refractivity contribution in [2.24, 2.45) is 0 Å². The Kier molecular flexibility index (Phi) is 4.30. The van der Waals surface area contributed by atoms with Gasteiger partial charge in [-0.1, -0.05) is 36.4 Å². The van der Waals surface area contributed by atoms with Crippen molar-refractivity contribution >= 4 is 33.6 Å². The lowest BCUT2D eigenvalue weighted by atomic mass is 9.85.